The fraction of sp³-hybridized carbons (Fsp3) is 0.300. The van der Waals surface area contributed by atoms with E-state index in [1.54, 1.807) is 19.2 Å². The maximum absolute atomic E-state index is 11.3. The van der Waals surface area contributed by atoms with E-state index in [0.717, 1.165) is 41.9 Å². The molecule has 0 unspecified atom stereocenters. The Labute approximate surface area is 194 Å². The molecule has 0 saturated carbocycles. The monoisotopic (exact) mass is 542 g/mol. The van der Waals surface area contributed by atoms with Gasteiger partial charge in [0.15, 0.2) is 5.96 Å². The van der Waals surface area contributed by atoms with Gasteiger partial charge in [0.2, 0.25) is 10.0 Å². The van der Waals surface area contributed by atoms with Gasteiger partial charge in [-0.1, -0.05) is 24.3 Å². The molecule has 0 spiro atoms. The summed E-state index contributed by atoms with van der Waals surface area (Å²) in [6, 6.07) is 14.6. The first-order valence-corrected chi connectivity index (χ1v) is 10.9. The van der Waals surface area contributed by atoms with E-state index in [2.05, 4.69) is 31.2 Å². The number of aliphatic imine (C=N–C) groups is 1. The van der Waals surface area contributed by atoms with Crippen LogP contribution >= 0.6 is 24.0 Å². The Balaban J connectivity index is 0.00000320. The lowest BCUT2D eigenvalue weighted by molar-refractivity contribution is 0.597. The number of benzene rings is 2. The van der Waals surface area contributed by atoms with Gasteiger partial charge in [0.05, 0.1) is 15.9 Å². The number of hydrogen-bond acceptors (Lipinski definition) is 4. The SMILES string of the molecule is CN=C(NCCCn1c(C)nc2ccccc21)NCc1ccc(S(N)(=O)=O)cc1.I. The standard InChI is InChI=1S/C20H26N6O2S.HI/c1-15-25-18-6-3-4-7-19(18)26(15)13-5-12-23-20(22-2)24-14-16-8-10-17(11-9-16)29(21,27)28;/h3-4,6-11H,5,12-14H2,1-2H3,(H2,21,27,28)(H2,22,23,24);1H. The molecule has 3 aromatic rings. The molecule has 0 aliphatic heterocycles. The fourth-order valence-electron chi connectivity index (χ4n) is 3.13. The lowest BCUT2D eigenvalue weighted by atomic mass is 10.2. The molecule has 2 aromatic carbocycles. The molecule has 0 radical (unpaired) electrons. The number of primary sulfonamides is 1. The van der Waals surface area contributed by atoms with E-state index in [1.807, 2.05) is 25.1 Å². The summed E-state index contributed by atoms with van der Waals surface area (Å²) in [7, 11) is -1.95. The zero-order chi connectivity index (χ0) is 20.9. The molecule has 8 nitrogen and oxygen atoms in total. The number of sulfonamides is 1. The summed E-state index contributed by atoms with van der Waals surface area (Å²) >= 11 is 0. The van der Waals surface area contributed by atoms with Crippen molar-refractivity contribution < 1.29 is 8.42 Å². The Bertz CT molecular complexity index is 1110. The molecule has 4 N–H and O–H groups in total. The first-order valence-electron chi connectivity index (χ1n) is 9.36. The van der Waals surface area contributed by atoms with Gasteiger partial charge >= 0.3 is 0 Å². The van der Waals surface area contributed by atoms with Gasteiger partial charge in [-0.2, -0.15) is 0 Å². The molecule has 0 bridgehead atoms. The molecule has 0 fully saturated rings. The lowest BCUT2D eigenvalue weighted by Gasteiger charge is -2.13. The van der Waals surface area contributed by atoms with E-state index >= 15 is 0 Å². The Morgan fingerprint density at radius 3 is 2.50 bits per heavy atom. The van der Waals surface area contributed by atoms with E-state index in [-0.39, 0.29) is 28.9 Å². The Kier molecular flexibility index (Phi) is 8.62. The zero-order valence-corrected chi connectivity index (χ0v) is 20.1. The van der Waals surface area contributed by atoms with Crippen LogP contribution in [0.1, 0.15) is 17.8 Å². The normalized spacial score (nSPS) is 11.9. The van der Waals surface area contributed by atoms with Crippen molar-refractivity contribution in [1.29, 1.82) is 0 Å². The highest BCUT2D eigenvalue weighted by Gasteiger charge is 2.08. The summed E-state index contributed by atoms with van der Waals surface area (Å²) in [5.41, 5.74) is 3.10. The molecule has 0 amide bonds. The van der Waals surface area contributed by atoms with Crippen LogP contribution in [0, 0.1) is 6.92 Å². The topological polar surface area (TPSA) is 114 Å². The number of guanidine groups is 1. The van der Waals surface area contributed by atoms with Crippen LogP contribution in [0.2, 0.25) is 0 Å². The highest BCUT2D eigenvalue weighted by Crippen LogP contribution is 2.15. The lowest BCUT2D eigenvalue weighted by Crippen LogP contribution is -2.37. The second-order valence-electron chi connectivity index (χ2n) is 6.69. The first kappa shape index (κ1) is 24.1. The van der Waals surface area contributed by atoms with Gasteiger partial charge in [0.1, 0.15) is 5.82 Å². The number of hydrogen-bond donors (Lipinski definition) is 3. The average molecular weight is 542 g/mol. The van der Waals surface area contributed by atoms with Crippen molar-refractivity contribution in [2.24, 2.45) is 10.1 Å². The van der Waals surface area contributed by atoms with Crippen molar-refractivity contribution >= 4 is 51.0 Å². The van der Waals surface area contributed by atoms with Crippen molar-refractivity contribution in [2.45, 2.75) is 31.3 Å². The molecule has 3 rings (SSSR count). The predicted octanol–water partition coefficient (Wildman–Crippen LogP) is 2.37. The predicted molar refractivity (Wildman–Crippen MR) is 131 cm³/mol. The van der Waals surface area contributed by atoms with Gasteiger partial charge in [-0.05, 0) is 43.2 Å². The van der Waals surface area contributed by atoms with Crippen LogP contribution in [0.5, 0.6) is 0 Å². The number of aromatic nitrogens is 2. The van der Waals surface area contributed by atoms with E-state index in [4.69, 9.17) is 5.14 Å². The number of nitrogens with zero attached hydrogens (tertiary/aromatic N) is 3. The maximum Gasteiger partial charge on any atom is 0.238 e. The van der Waals surface area contributed by atoms with Crippen LogP contribution in [0.15, 0.2) is 58.4 Å². The van der Waals surface area contributed by atoms with Gasteiger partial charge in [-0.25, -0.2) is 18.5 Å². The maximum atomic E-state index is 11.3. The molecule has 0 aliphatic carbocycles. The Morgan fingerprint density at radius 2 is 1.83 bits per heavy atom. The number of halogens is 1. The van der Waals surface area contributed by atoms with Gasteiger partial charge in [0, 0.05) is 26.7 Å². The number of aryl methyl sites for hydroxylation is 2. The third-order valence-electron chi connectivity index (χ3n) is 4.63. The van der Waals surface area contributed by atoms with Crippen LogP contribution in [-0.2, 0) is 23.1 Å². The van der Waals surface area contributed by atoms with Crippen molar-refractivity contribution in [2.75, 3.05) is 13.6 Å². The molecule has 0 atom stereocenters. The van der Waals surface area contributed by atoms with Crippen LogP contribution in [-0.4, -0.2) is 37.5 Å². The molecular weight excluding hydrogens is 515 g/mol. The fourth-order valence-corrected chi connectivity index (χ4v) is 3.64. The molecule has 0 saturated heterocycles. The molecule has 30 heavy (non-hydrogen) atoms. The summed E-state index contributed by atoms with van der Waals surface area (Å²) in [5.74, 6) is 1.70. The third kappa shape index (κ3) is 6.16. The van der Waals surface area contributed by atoms with Crippen molar-refractivity contribution in [3.8, 4) is 0 Å². The van der Waals surface area contributed by atoms with Gasteiger partial charge < -0.3 is 15.2 Å². The van der Waals surface area contributed by atoms with Gasteiger partial charge in [0.25, 0.3) is 0 Å². The van der Waals surface area contributed by atoms with E-state index < -0.39 is 10.0 Å². The third-order valence-corrected chi connectivity index (χ3v) is 5.56. The van der Waals surface area contributed by atoms with Crippen LogP contribution < -0.4 is 15.8 Å². The number of para-hydroxylation sites is 2. The molecule has 10 heteroatoms. The summed E-state index contributed by atoms with van der Waals surface area (Å²) in [5, 5.41) is 11.6. The number of nitrogens with two attached hydrogens (primary N) is 1. The largest absolute Gasteiger partial charge is 0.356 e. The van der Waals surface area contributed by atoms with Gasteiger partial charge in [-0.3, -0.25) is 4.99 Å². The summed E-state index contributed by atoms with van der Waals surface area (Å²) in [6.07, 6.45) is 0.922. The number of imidazole rings is 1. The molecule has 0 aliphatic rings. The van der Waals surface area contributed by atoms with Gasteiger partial charge in [-0.15, -0.1) is 24.0 Å². The zero-order valence-electron chi connectivity index (χ0n) is 17.0. The second-order valence-corrected chi connectivity index (χ2v) is 8.26. The minimum Gasteiger partial charge on any atom is -0.356 e. The average Bonchev–Trinajstić information content (AvgIpc) is 3.02. The first-order chi connectivity index (χ1) is 13.9. The Hall–Kier alpha value is -2.18. The highest BCUT2D eigenvalue weighted by molar-refractivity contribution is 14.0. The minimum absolute atomic E-state index is 0. The van der Waals surface area contributed by atoms with Crippen molar-refractivity contribution in [3.63, 3.8) is 0 Å². The summed E-state index contributed by atoms with van der Waals surface area (Å²) in [4.78, 5) is 8.91. The number of rotatable bonds is 7. The van der Waals surface area contributed by atoms with E-state index in [9.17, 15) is 8.42 Å². The molecule has 162 valence electrons. The Morgan fingerprint density at radius 1 is 1.13 bits per heavy atom. The van der Waals surface area contributed by atoms with Crippen molar-refractivity contribution in [3.05, 3.63) is 59.9 Å². The number of nitrogens with one attached hydrogen (secondary N) is 2. The van der Waals surface area contributed by atoms with Crippen LogP contribution in [0.25, 0.3) is 11.0 Å². The minimum atomic E-state index is -3.67. The second kappa shape index (κ2) is 10.7. The van der Waals surface area contributed by atoms with Crippen LogP contribution in [0.3, 0.4) is 0 Å². The smallest absolute Gasteiger partial charge is 0.238 e. The molecule has 1 aromatic heterocycles. The molecule has 1 heterocycles. The van der Waals surface area contributed by atoms with Crippen molar-refractivity contribution in [1.82, 2.24) is 20.2 Å². The quantitative estimate of drug-likeness (QED) is 0.184. The van der Waals surface area contributed by atoms with E-state index in [1.165, 1.54) is 12.1 Å². The number of fused-ring (bicyclic) bond motifs is 1. The summed E-state index contributed by atoms with van der Waals surface area (Å²) in [6.45, 7) is 4.17. The highest BCUT2D eigenvalue weighted by atomic mass is 127. The molecular formula is C20H27IN6O2S. The summed E-state index contributed by atoms with van der Waals surface area (Å²) < 4.78 is 24.8. The van der Waals surface area contributed by atoms with Crippen LogP contribution in [0.4, 0.5) is 0 Å². The van der Waals surface area contributed by atoms with E-state index in [0.29, 0.717) is 12.5 Å².